The first-order valence-corrected chi connectivity index (χ1v) is 18.7. The van der Waals surface area contributed by atoms with Gasteiger partial charge in [-0.05, 0) is 24.3 Å². The lowest BCUT2D eigenvalue weighted by Gasteiger charge is -2.12. The molecule has 0 amide bonds. The molecule has 0 unspecified atom stereocenters. The number of thiophene rings is 1. The molecule has 0 aliphatic carbocycles. The number of hydrogen-bond donors (Lipinski definition) is 0. The average Bonchev–Trinajstić information content (AvgIpc) is 3.83. The van der Waals surface area contributed by atoms with E-state index in [1.165, 1.54) is 20.2 Å². The number of benzene rings is 7. The van der Waals surface area contributed by atoms with E-state index in [9.17, 15) is 0 Å². The number of rotatable bonds is 5. The van der Waals surface area contributed by atoms with Crippen LogP contribution in [0.25, 0.3) is 110 Å². The lowest BCUT2D eigenvalue weighted by Crippen LogP contribution is -2.00. The van der Waals surface area contributed by atoms with Gasteiger partial charge in [0.15, 0.2) is 17.5 Å². The average molecular weight is 709 g/mol. The van der Waals surface area contributed by atoms with Crippen LogP contribution in [-0.4, -0.2) is 19.9 Å². The van der Waals surface area contributed by atoms with Crippen LogP contribution in [0.3, 0.4) is 0 Å². The molecule has 0 aliphatic heterocycles. The molecule has 11 aromatic rings. The molecule has 0 spiro atoms. The van der Waals surface area contributed by atoms with E-state index < -0.39 is 0 Å². The molecule has 5 nitrogen and oxygen atoms in total. The molecule has 0 fully saturated rings. The fourth-order valence-electron chi connectivity index (χ4n) is 7.61. The molecule has 0 saturated heterocycles. The van der Waals surface area contributed by atoms with Crippen LogP contribution in [0.5, 0.6) is 0 Å². The highest BCUT2D eigenvalue weighted by Gasteiger charge is 2.22. The van der Waals surface area contributed by atoms with Crippen molar-refractivity contribution in [2.45, 2.75) is 0 Å². The highest BCUT2D eigenvalue weighted by Crippen LogP contribution is 2.45. The van der Waals surface area contributed by atoms with Crippen LogP contribution >= 0.6 is 11.3 Å². The van der Waals surface area contributed by atoms with Gasteiger partial charge in [-0.25, -0.2) is 19.9 Å². The summed E-state index contributed by atoms with van der Waals surface area (Å²) in [5, 5.41) is 5.52. The van der Waals surface area contributed by atoms with E-state index in [1.54, 1.807) is 0 Å². The van der Waals surface area contributed by atoms with Crippen LogP contribution in [0, 0.1) is 0 Å². The van der Waals surface area contributed by atoms with E-state index in [2.05, 4.69) is 97.1 Å². The zero-order valence-corrected chi connectivity index (χ0v) is 29.6. The third-order valence-electron chi connectivity index (χ3n) is 10.1. The smallest absolute Gasteiger partial charge is 0.164 e. The molecule has 54 heavy (non-hydrogen) atoms. The molecule has 4 heterocycles. The molecule has 0 atom stereocenters. The number of nitrogens with zero attached hydrogens (tertiary/aromatic N) is 4. The Kier molecular flexibility index (Phi) is 6.97. The molecular formula is C48H28N4OS. The van der Waals surface area contributed by atoms with Gasteiger partial charge in [0.2, 0.25) is 0 Å². The predicted octanol–water partition coefficient (Wildman–Crippen LogP) is 13.0. The Labute approximate surface area is 313 Å². The minimum atomic E-state index is 0.593. The normalized spacial score (nSPS) is 11.7. The third kappa shape index (κ3) is 4.92. The predicted molar refractivity (Wildman–Crippen MR) is 222 cm³/mol. The molecule has 4 aromatic heterocycles. The van der Waals surface area contributed by atoms with Crippen molar-refractivity contribution in [3.63, 3.8) is 0 Å². The molecule has 0 aliphatic rings. The second-order valence-electron chi connectivity index (χ2n) is 13.4. The minimum absolute atomic E-state index is 0.593. The van der Waals surface area contributed by atoms with Gasteiger partial charge in [-0.2, -0.15) is 0 Å². The van der Waals surface area contributed by atoms with Gasteiger partial charge in [0, 0.05) is 64.3 Å². The van der Waals surface area contributed by atoms with Crippen molar-refractivity contribution >= 4 is 64.4 Å². The molecule has 7 aromatic carbocycles. The Hall–Kier alpha value is -7.02. The number of furan rings is 1. The van der Waals surface area contributed by atoms with Crippen LogP contribution in [-0.2, 0) is 0 Å². The monoisotopic (exact) mass is 708 g/mol. The quantitative estimate of drug-likeness (QED) is 0.178. The maximum absolute atomic E-state index is 6.73. The lowest BCUT2D eigenvalue weighted by atomic mass is 9.96. The van der Waals surface area contributed by atoms with E-state index in [0.29, 0.717) is 17.5 Å². The van der Waals surface area contributed by atoms with Crippen molar-refractivity contribution in [3.8, 4) is 56.5 Å². The number of hydrogen-bond acceptors (Lipinski definition) is 6. The molecule has 0 bridgehead atoms. The van der Waals surface area contributed by atoms with Crippen LogP contribution in [0.15, 0.2) is 174 Å². The van der Waals surface area contributed by atoms with E-state index >= 15 is 0 Å². The number of pyridine rings is 1. The van der Waals surface area contributed by atoms with Gasteiger partial charge >= 0.3 is 0 Å². The van der Waals surface area contributed by atoms with E-state index in [4.69, 9.17) is 24.4 Å². The highest BCUT2D eigenvalue weighted by molar-refractivity contribution is 7.26. The Morgan fingerprint density at radius 1 is 0.407 bits per heavy atom. The van der Waals surface area contributed by atoms with Crippen molar-refractivity contribution < 1.29 is 4.42 Å². The summed E-state index contributed by atoms with van der Waals surface area (Å²) >= 11 is 1.83. The molecule has 0 N–H and O–H groups in total. The van der Waals surface area contributed by atoms with Gasteiger partial charge in [-0.3, -0.25) is 0 Å². The zero-order valence-electron chi connectivity index (χ0n) is 28.8. The van der Waals surface area contributed by atoms with Gasteiger partial charge < -0.3 is 4.42 Å². The van der Waals surface area contributed by atoms with Crippen LogP contribution in [0.1, 0.15) is 0 Å². The standard InChI is InChI=1S/C48H28N4OS/c1-3-14-29(15-4-1)46-50-47(30-16-5-2-6-17-30)52-48(51-46)32-19-11-18-31(28-32)42-41-37-21-7-9-26-39(37)53-44(41)38-25-12-22-34(43(38)49-42)36-24-13-23-35-33-20-8-10-27-40(33)54-45(35)36/h1-28H. The summed E-state index contributed by atoms with van der Waals surface area (Å²) in [6.07, 6.45) is 0. The van der Waals surface area contributed by atoms with Crippen molar-refractivity contribution in [2.24, 2.45) is 0 Å². The van der Waals surface area contributed by atoms with Gasteiger partial charge in [0.1, 0.15) is 11.2 Å². The zero-order chi connectivity index (χ0) is 35.6. The summed E-state index contributed by atoms with van der Waals surface area (Å²) in [4.78, 5) is 20.6. The molecule has 11 rings (SSSR count). The molecular weight excluding hydrogens is 681 g/mol. The molecule has 0 saturated carbocycles. The first kappa shape index (κ1) is 30.6. The maximum atomic E-state index is 6.73. The third-order valence-corrected chi connectivity index (χ3v) is 11.3. The van der Waals surface area contributed by atoms with Crippen molar-refractivity contribution in [3.05, 3.63) is 170 Å². The van der Waals surface area contributed by atoms with Gasteiger partial charge in [-0.1, -0.05) is 146 Å². The van der Waals surface area contributed by atoms with E-state index in [-0.39, 0.29) is 0 Å². The maximum Gasteiger partial charge on any atom is 0.164 e. The number of fused-ring (bicyclic) bond motifs is 8. The topological polar surface area (TPSA) is 64.7 Å². The van der Waals surface area contributed by atoms with Crippen LogP contribution in [0.4, 0.5) is 0 Å². The Balaban J connectivity index is 1.16. The number of aromatic nitrogens is 4. The van der Waals surface area contributed by atoms with E-state index in [1.807, 2.05) is 84.1 Å². The first-order chi connectivity index (χ1) is 26.8. The van der Waals surface area contributed by atoms with Crippen molar-refractivity contribution in [1.82, 2.24) is 19.9 Å². The fourth-order valence-corrected chi connectivity index (χ4v) is 8.84. The molecule has 0 radical (unpaired) electrons. The summed E-state index contributed by atoms with van der Waals surface area (Å²) in [6, 6.07) is 58.4. The molecule has 252 valence electrons. The SMILES string of the molecule is c1ccc(-c2nc(-c3ccccc3)nc(-c3cccc(-c4nc5c(-c6cccc7c6sc6ccccc67)cccc5c5oc6ccccc6c45)c3)n2)cc1. The van der Waals surface area contributed by atoms with E-state index in [0.717, 1.165) is 71.9 Å². The fraction of sp³-hybridized carbons (Fsp3) is 0. The molecule has 6 heteroatoms. The lowest BCUT2D eigenvalue weighted by molar-refractivity contribution is 0.672. The summed E-state index contributed by atoms with van der Waals surface area (Å²) in [6.45, 7) is 0. The van der Waals surface area contributed by atoms with Gasteiger partial charge in [0.05, 0.1) is 16.6 Å². The first-order valence-electron chi connectivity index (χ1n) is 17.9. The summed E-state index contributed by atoms with van der Waals surface area (Å²) in [5.74, 6) is 1.84. The Morgan fingerprint density at radius 3 is 1.72 bits per heavy atom. The van der Waals surface area contributed by atoms with Gasteiger partial charge in [-0.15, -0.1) is 11.3 Å². The Morgan fingerprint density at radius 2 is 0.963 bits per heavy atom. The van der Waals surface area contributed by atoms with Crippen LogP contribution in [0.2, 0.25) is 0 Å². The largest absolute Gasteiger partial charge is 0.455 e. The second kappa shape index (κ2) is 12.3. The van der Waals surface area contributed by atoms with Crippen molar-refractivity contribution in [1.29, 1.82) is 0 Å². The minimum Gasteiger partial charge on any atom is -0.455 e. The Bertz CT molecular complexity index is 3170. The summed E-state index contributed by atoms with van der Waals surface area (Å²) in [7, 11) is 0. The second-order valence-corrected chi connectivity index (χ2v) is 14.4. The summed E-state index contributed by atoms with van der Waals surface area (Å²) in [5.41, 5.74) is 9.30. The van der Waals surface area contributed by atoms with Gasteiger partial charge in [0.25, 0.3) is 0 Å². The number of para-hydroxylation sites is 2. The summed E-state index contributed by atoms with van der Waals surface area (Å²) < 4.78 is 9.25. The van der Waals surface area contributed by atoms with Crippen molar-refractivity contribution in [2.75, 3.05) is 0 Å². The van der Waals surface area contributed by atoms with Crippen LogP contribution < -0.4 is 0 Å². The highest BCUT2D eigenvalue weighted by atomic mass is 32.1.